The number of halogens is 1. The van der Waals surface area contributed by atoms with Gasteiger partial charge in [0.1, 0.15) is 5.75 Å². The Labute approximate surface area is 83.7 Å². The molecule has 0 unspecified atom stereocenters. The first-order valence-corrected chi connectivity index (χ1v) is 3.80. The molecule has 0 amide bonds. The molecule has 1 aromatic carbocycles. The highest BCUT2D eigenvalue weighted by Gasteiger charge is 2.20. The van der Waals surface area contributed by atoms with E-state index in [4.69, 9.17) is 9.94 Å². The molecule has 1 aromatic rings. The second-order valence-electron chi connectivity index (χ2n) is 2.52. The van der Waals surface area contributed by atoms with Crippen LogP contribution in [0.25, 0.3) is 0 Å². The summed E-state index contributed by atoms with van der Waals surface area (Å²) in [5.74, 6) is -1.05. The van der Waals surface area contributed by atoms with Crippen molar-refractivity contribution < 1.29 is 19.3 Å². The minimum atomic E-state index is -1.10. The second-order valence-corrected chi connectivity index (χ2v) is 2.52. The van der Waals surface area contributed by atoms with Gasteiger partial charge in [-0.3, -0.25) is 10.1 Å². The first-order chi connectivity index (χ1) is 7.11. The van der Waals surface area contributed by atoms with Gasteiger partial charge >= 0.3 is 5.69 Å². The number of nitro benzene ring substituents is 1. The van der Waals surface area contributed by atoms with Crippen molar-refractivity contribution in [2.24, 2.45) is 5.16 Å². The predicted molar refractivity (Wildman–Crippen MR) is 49.0 cm³/mol. The van der Waals surface area contributed by atoms with Gasteiger partial charge in [-0.15, -0.1) is 0 Å². The van der Waals surface area contributed by atoms with Gasteiger partial charge in [-0.25, -0.2) is 0 Å². The lowest BCUT2D eigenvalue weighted by Crippen LogP contribution is -2.00. The number of benzene rings is 1. The smallest absolute Gasteiger partial charge is 0.305 e. The van der Waals surface area contributed by atoms with E-state index in [1.165, 1.54) is 13.2 Å². The van der Waals surface area contributed by atoms with Crippen LogP contribution in [0.2, 0.25) is 0 Å². The van der Waals surface area contributed by atoms with Crippen molar-refractivity contribution in [3.05, 3.63) is 33.6 Å². The molecule has 6 nitrogen and oxygen atoms in total. The van der Waals surface area contributed by atoms with Crippen LogP contribution in [0.3, 0.4) is 0 Å². The van der Waals surface area contributed by atoms with Crippen LogP contribution in [-0.2, 0) is 0 Å². The molecule has 0 atom stereocenters. The zero-order valence-electron chi connectivity index (χ0n) is 7.68. The Morgan fingerprint density at radius 3 is 2.80 bits per heavy atom. The Hall–Kier alpha value is -2.18. The fourth-order valence-corrected chi connectivity index (χ4v) is 1.06. The largest absolute Gasteiger partial charge is 0.496 e. The van der Waals surface area contributed by atoms with Crippen LogP contribution < -0.4 is 4.74 Å². The van der Waals surface area contributed by atoms with Crippen molar-refractivity contribution >= 4 is 11.9 Å². The number of nitro groups is 1. The lowest BCUT2D eigenvalue weighted by atomic mass is 10.2. The van der Waals surface area contributed by atoms with E-state index in [0.717, 1.165) is 12.3 Å². The number of hydrogen-bond acceptors (Lipinski definition) is 5. The average molecular weight is 214 g/mol. The van der Waals surface area contributed by atoms with Crippen LogP contribution in [0.4, 0.5) is 10.1 Å². The zero-order chi connectivity index (χ0) is 11.4. The lowest BCUT2D eigenvalue weighted by molar-refractivity contribution is -0.387. The Morgan fingerprint density at radius 2 is 2.33 bits per heavy atom. The van der Waals surface area contributed by atoms with Gasteiger partial charge in [0.05, 0.1) is 23.8 Å². The summed E-state index contributed by atoms with van der Waals surface area (Å²) < 4.78 is 18.2. The highest BCUT2D eigenvalue weighted by molar-refractivity contribution is 5.84. The summed E-state index contributed by atoms with van der Waals surface area (Å²) in [6.45, 7) is 0. The molecule has 0 saturated heterocycles. The first kappa shape index (κ1) is 10.9. The van der Waals surface area contributed by atoms with E-state index in [1.54, 1.807) is 0 Å². The molecule has 1 rings (SSSR count). The number of hydrogen-bond donors (Lipinski definition) is 1. The van der Waals surface area contributed by atoms with E-state index in [1.807, 2.05) is 0 Å². The summed E-state index contributed by atoms with van der Waals surface area (Å²) in [6.07, 6.45) is 0.737. The summed E-state index contributed by atoms with van der Waals surface area (Å²) in [6, 6.07) is 2.20. The first-order valence-electron chi connectivity index (χ1n) is 3.80. The van der Waals surface area contributed by atoms with Crippen molar-refractivity contribution in [1.29, 1.82) is 0 Å². The molecule has 0 fully saturated rings. The van der Waals surface area contributed by atoms with Crippen molar-refractivity contribution in [2.75, 3.05) is 7.11 Å². The maximum atomic E-state index is 13.4. The Balaban J connectivity index is 3.42. The minimum absolute atomic E-state index is 0.0518. The highest BCUT2D eigenvalue weighted by atomic mass is 19.1. The van der Waals surface area contributed by atoms with E-state index in [0.29, 0.717) is 0 Å². The Bertz CT molecular complexity index is 419. The van der Waals surface area contributed by atoms with Crippen molar-refractivity contribution in [3.63, 3.8) is 0 Å². The van der Waals surface area contributed by atoms with Crippen LogP contribution >= 0.6 is 0 Å². The molecule has 0 aliphatic heterocycles. The highest BCUT2D eigenvalue weighted by Crippen LogP contribution is 2.27. The van der Waals surface area contributed by atoms with Gasteiger partial charge in [-0.2, -0.15) is 4.39 Å². The van der Waals surface area contributed by atoms with Gasteiger partial charge in [-0.1, -0.05) is 5.16 Å². The van der Waals surface area contributed by atoms with Gasteiger partial charge < -0.3 is 9.94 Å². The molecule has 0 saturated carbocycles. The average Bonchev–Trinajstić information content (AvgIpc) is 2.20. The molecule has 0 bridgehead atoms. The quantitative estimate of drug-likeness (QED) is 0.358. The van der Waals surface area contributed by atoms with Crippen LogP contribution in [-0.4, -0.2) is 23.5 Å². The fraction of sp³-hybridized carbons (Fsp3) is 0.125. The van der Waals surface area contributed by atoms with E-state index in [-0.39, 0.29) is 11.3 Å². The summed E-state index contributed by atoms with van der Waals surface area (Å²) in [4.78, 5) is 9.52. The van der Waals surface area contributed by atoms with Gasteiger partial charge in [0.15, 0.2) is 0 Å². The molecular weight excluding hydrogens is 207 g/mol. The zero-order valence-corrected chi connectivity index (χ0v) is 7.68. The van der Waals surface area contributed by atoms with Crippen LogP contribution in [0, 0.1) is 15.9 Å². The van der Waals surface area contributed by atoms with Crippen LogP contribution in [0.15, 0.2) is 17.3 Å². The summed E-state index contributed by atoms with van der Waals surface area (Å²) in [5.41, 5.74) is -0.972. The third-order valence-electron chi connectivity index (χ3n) is 1.72. The normalized spacial score (nSPS) is 10.5. The van der Waals surface area contributed by atoms with Crippen LogP contribution in [0.5, 0.6) is 5.75 Å². The predicted octanol–water partition coefficient (Wildman–Crippen LogP) is 1.55. The molecule has 15 heavy (non-hydrogen) atoms. The number of ether oxygens (including phenoxy) is 1. The molecule has 0 aliphatic carbocycles. The topological polar surface area (TPSA) is 85.0 Å². The van der Waals surface area contributed by atoms with Gasteiger partial charge in [0, 0.05) is 6.07 Å². The molecule has 0 aliphatic rings. The van der Waals surface area contributed by atoms with E-state index in [9.17, 15) is 14.5 Å². The molecule has 80 valence electrons. The number of oxime groups is 1. The molecule has 0 spiro atoms. The monoisotopic (exact) mass is 214 g/mol. The maximum Gasteiger partial charge on any atom is 0.305 e. The number of methoxy groups -OCH3 is 1. The third kappa shape index (κ3) is 2.01. The number of rotatable bonds is 3. The molecule has 1 N–H and O–H groups in total. The SMILES string of the molecule is COc1ccc([N+](=O)[O-])c(F)c1C=NO. The number of nitrogens with zero attached hydrogens (tertiary/aromatic N) is 2. The Kier molecular flexibility index (Phi) is 3.17. The van der Waals surface area contributed by atoms with E-state index in [2.05, 4.69) is 5.16 Å². The van der Waals surface area contributed by atoms with Crippen molar-refractivity contribution in [1.82, 2.24) is 0 Å². The van der Waals surface area contributed by atoms with E-state index >= 15 is 0 Å². The summed E-state index contributed by atoms with van der Waals surface area (Å²) in [5, 5.41) is 21.3. The van der Waals surface area contributed by atoms with Crippen molar-refractivity contribution in [3.8, 4) is 5.75 Å². The summed E-state index contributed by atoms with van der Waals surface area (Å²) in [7, 11) is 1.27. The molecular formula is C8H7FN2O4. The minimum Gasteiger partial charge on any atom is -0.496 e. The standard InChI is InChI=1S/C8H7FN2O4/c1-15-7-3-2-6(11(13)14)8(9)5(7)4-10-12/h2-4,12H,1H3. The molecule has 0 radical (unpaired) electrons. The Morgan fingerprint density at radius 1 is 1.67 bits per heavy atom. The maximum absolute atomic E-state index is 13.4. The van der Waals surface area contributed by atoms with Gasteiger partial charge in [-0.05, 0) is 6.07 Å². The lowest BCUT2D eigenvalue weighted by Gasteiger charge is -2.04. The van der Waals surface area contributed by atoms with Crippen molar-refractivity contribution in [2.45, 2.75) is 0 Å². The van der Waals surface area contributed by atoms with Gasteiger partial charge in [0.25, 0.3) is 0 Å². The third-order valence-corrected chi connectivity index (χ3v) is 1.72. The van der Waals surface area contributed by atoms with E-state index < -0.39 is 16.4 Å². The second kappa shape index (κ2) is 4.36. The summed E-state index contributed by atoms with van der Waals surface area (Å²) >= 11 is 0. The molecule has 0 aromatic heterocycles. The van der Waals surface area contributed by atoms with Crippen LogP contribution in [0.1, 0.15) is 5.56 Å². The van der Waals surface area contributed by atoms with Gasteiger partial charge in [0.2, 0.25) is 5.82 Å². The molecule has 7 heteroatoms. The molecule has 0 heterocycles. The fourth-order valence-electron chi connectivity index (χ4n) is 1.06.